The van der Waals surface area contributed by atoms with Gasteiger partial charge in [-0.2, -0.15) is 0 Å². The summed E-state index contributed by atoms with van der Waals surface area (Å²) in [6.45, 7) is 1.99. The first-order valence-corrected chi connectivity index (χ1v) is 5.71. The lowest BCUT2D eigenvalue weighted by Crippen LogP contribution is -2.26. The summed E-state index contributed by atoms with van der Waals surface area (Å²) in [4.78, 5) is 23.2. The van der Waals surface area contributed by atoms with Gasteiger partial charge in [0, 0.05) is 6.54 Å². The van der Waals surface area contributed by atoms with Crippen LogP contribution in [0.1, 0.15) is 23.8 Å². The molecule has 100 valence electrons. The molecule has 1 N–H and O–H groups in total. The van der Waals surface area contributed by atoms with Crippen LogP contribution in [0.3, 0.4) is 0 Å². The fourth-order valence-electron chi connectivity index (χ4n) is 1.97. The molecular weight excluding hydrogens is 256 g/mol. The Balaban J connectivity index is 2.89. The Morgan fingerprint density at radius 2 is 1.89 bits per heavy atom. The van der Waals surface area contributed by atoms with Crippen LogP contribution in [0.2, 0.25) is 0 Å². The van der Waals surface area contributed by atoms with E-state index in [2.05, 4.69) is 0 Å². The Morgan fingerprint density at radius 3 is 2.47 bits per heavy atom. The smallest absolute Gasteiger partial charge is 0.352 e. The summed E-state index contributed by atoms with van der Waals surface area (Å²) in [5.41, 5.74) is -0.860. The predicted octanol–water partition coefficient (Wildman–Crippen LogP) is 2.39. The number of benzene rings is 1. The third-order valence-electron chi connectivity index (χ3n) is 2.82. The van der Waals surface area contributed by atoms with Crippen molar-refractivity contribution in [1.29, 1.82) is 0 Å². The number of carboxylic acids is 1. The summed E-state index contributed by atoms with van der Waals surface area (Å²) in [5.74, 6) is -3.52. The van der Waals surface area contributed by atoms with E-state index in [-0.39, 0.29) is 23.0 Å². The molecule has 2 aromatic rings. The zero-order chi connectivity index (χ0) is 14.2. The molecule has 0 amide bonds. The maximum atomic E-state index is 13.2. The van der Waals surface area contributed by atoms with Crippen LogP contribution in [0.25, 0.3) is 10.8 Å². The summed E-state index contributed by atoms with van der Waals surface area (Å²) in [6.07, 6.45) is 0.551. The second-order valence-electron chi connectivity index (χ2n) is 4.15. The van der Waals surface area contributed by atoms with Crippen molar-refractivity contribution < 1.29 is 18.7 Å². The highest BCUT2D eigenvalue weighted by Crippen LogP contribution is 2.17. The van der Waals surface area contributed by atoms with Gasteiger partial charge < -0.3 is 9.67 Å². The summed E-state index contributed by atoms with van der Waals surface area (Å²) < 4.78 is 27.4. The molecule has 0 spiro atoms. The van der Waals surface area contributed by atoms with E-state index in [0.717, 1.165) is 16.7 Å². The van der Waals surface area contributed by atoms with Gasteiger partial charge in [0.25, 0.3) is 5.56 Å². The predicted molar refractivity (Wildman–Crippen MR) is 65.4 cm³/mol. The minimum Gasteiger partial charge on any atom is -0.477 e. The number of rotatable bonds is 3. The topological polar surface area (TPSA) is 59.3 Å². The van der Waals surface area contributed by atoms with Crippen LogP contribution in [0.4, 0.5) is 8.78 Å². The Hall–Kier alpha value is -2.24. The maximum Gasteiger partial charge on any atom is 0.352 e. The molecule has 0 aliphatic carbocycles. The molecule has 19 heavy (non-hydrogen) atoms. The fraction of sp³-hybridized carbons (Fsp3) is 0.231. The molecule has 0 radical (unpaired) electrons. The Bertz CT molecular complexity index is 722. The van der Waals surface area contributed by atoms with Gasteiger partial charge in [-0.15, -0.1) is 0 Å². The lowest BCUT2D eigenvalue weighted by atomic mass is 10.1. The van der Waals surface area contributed by atoms with E-state index in [1.807, 2.05) is 0 Å². The van der Waals surface area contributed by atoms with E-state index in [1.54, 1.807) is 6.92 Å². The molecule has 4 nitrogen and oxygen atoms in total. The highest BCUT2D eigenvalue weighted by molar-refractivity contribution is 5.92. The maximum absolute atomic E-state index is 13.2. The third-order valence-corrected chi connectivity index (χ3v) is 2.82. The van der Waals surface area contributed by atoms with Gasteiger partial charge in [-0.1, -0.05) is 6.92 Å². The third kappa shape index (κ3) is 2.21. The molecule has 0 unspecified atom stereocenters. The summed E-state index contributed by atoms with van der Waals surface area (Å²) in [5, 5.41) is 9.12. The number of aromatic carboxylic acids is 1. The summed E-state index contributed by atoms with van der Waals surface area (Å²) >= 11 is 0. The van der Waals surface area contributed by atoms with Crippen molar-refractivity contribution in [2.24, 2.45) is 0 Å². The number of hydrogen-bond donors (Lipinski definition) is 1. The molecule has 0 saturated heterocycles. The van der Waals surface area contributed by atoms with Crippen LogP contribution in [0.5, 0.6) is 0 Å². The average Bonchev–Trinajstić information content (AvgIpc) is 2.35. The van der Waals surface area contributed by atoms with E-state index < -0.39 is 23.2 Å². The number of aromatic nitrogens is 1. The Kier molecular flexibility index (Phi) is 3.33. The lowest BCUT2D eigenvalue weighted by molar-refractivity contribution is 0.0683. The highest BCUT2D eigenvalue weighted by Gasteiger charge is 2.16. The van der Waals surface area contributed by atoms with Crippen molar-refractivity contribution in [2.75, 3.05) is 0 Å². The SMILES string of the molecule is CCCn1c(C(=O)O)cc2cc(F)c(F)cc2c1=O. The Morgan fingerprint density at radius 1 is 1.26 bits per heavy atom. The van der Waals surface area contributed by atoms with E-state index >= 15 is 0 Å². The van der Waals surface area contributed by atoms with Gasteiger partial charge in [-0.25, -0.2) is 13.6 Å². The summed E-state index contributed by atoms with van der Waals surface area (Å²) in [7, 11) is 0. The van der Waals surface area contributed by atoms with Crippen molar-refractivity contribution in [2.45, 2.75) is 19.9 Å². The normalized spacial score (nSPS) is 10.9. The molecule has 0 fully saturated rings. The van der Waals surface area contributed by atoms with Gasteiger partial charge in [-0.3, -0.25) is 4.79 Å². The minimum absolute atomic E-state index is 0.0302. The van der Waals surface area contributed by atoms with Crippen LogP contribution in [0.15, 0.2) is 23.0 Å². The molecule has 0 bridgehead atoms. The second-order valence-corrected chi connectivity index (χ2v) is 4.15. The first kappa shape index (κ1) is 13.2. The fourth-order valence-corrected chi connectivity index (χ4v) is 1.97. The zero-order valence-corrected chi connectivity index (χ0v) is 10.1. The average molecular weight is 267 g/mol. The first-order chi connectivity index (χ1) is 8.95. The second kappa shape index (κ2) is 4.79. The molecule has 1 aromatic heterocycles. The number of carbonyl (C=O) groups is 1. The van der Waals surface area contributed by atoms with Crippen LogP contribution in [-0.4, -0.2) is 15.6 Å². The summed E-state index contributed by atoms with van der Waals surface area (Å²) in [6, 6.07) is 2.80. The van der Waals surface area contributed by atoms with Crippen LogP contribution < -0.4 is 5.56 Å². The number of halogens is 2. The number of hydrogen-bond acceptors (Lipinski definition) is 2. The lowest BCUT2D eigenvalue weighted by Gasteiger charge is -2.10. The largest absolute Gasteiger partial charge is 0.477 e. The van der Waals surface area contributed by atoms with Crippen LogP contribution in [-0.2, 0) is 6.54 Å². The van der Waals surface area contributed by atoms with Crippen LogP contribution in [0, 0.1) is 11.6 Å². The Labute approximate surface area is 106 Å². The number of fused-ring (bicyclic) bond motifs is 1. The van der Waals surface area contributed by atoms with Gasteiger partial charge in [0.1, 0.15) is 5.69 Å². The van der Waals surface area contributed by atoms with Crippen molar-refractivity contribution in [3.05, 3.63) is 45.9 Å². The van der Waals surface area contributed by atoms with E-state index in [0.29, 0.717) is 6.42 Å². The molecular formula is C13H11F2NO3. The molecule has 1 heterocycles. The van der Waals surface area contributed by atoms with Gasteiger partial charge in [0.05, 0.1) is 5.39 Å². The van der Waals surface area contributed by atoms with E-state index in [4.69, 9.17) is 5.11 Å². The van der Waals surface area contributed by atoms with E-state index in [1.165, 1.54) is 6.07 Å². The van der Waals surface area contributed by atoms with E-state index in [9.17, 15) is 18.4 Å². The van der Waals surface area contributed by atoms with Gasteiger partial charge in [0.2, 0.25) is 0 Å². The van der Waals surface area contributed by atoms with Crippen molar-refractivity contribution >= 4 is 16.7 Å². The molecule has 0 aliphatic rings. The minimum atomic E-state index is -1.28. The number of carboxylic acid groups (broad SMARTS) is 1. The molecule has 6 heteroatoms. The van der Waals surface area contributed by atoms with Crippen molar-refractivity contribution in [3.8, 4) is 0 Å². The quantitative estimate of drug-likeness (QED) is 0.928. The molecule has 0 saturated carbocycles. The first-order valence-electron chi connectivity index (χ1n) is 5.71. The van der Waals surface area contributed by atoms with Crippen LogP contribution >= 0.6 is 0 Å². The zero-order valence-electron chi connectivity index (χ0n) is 10.1. The molecule has 0 aliphatic heterocycles. The molecule has 0 atom stereocenters. The standard InChI is InChI=1S/C13H11F2NO3/c1-2-3-16-11(13(18)19)5-7-4-9(14)10(15)6-8(7)12(16)17/h4-6H,2-3H2,1H3,(H,18,19). The number of pyridine rings is 1. The monoisotopic (exact) mass is 267 g/mol. The molecule has 2 rings (SSSR count). The van der Waals surface area contributed by atoms with Gasteiger partial charge in [0.15, 0.2) is 11.6 Å². The highest BCUT2D eigenvalue weighted by atomic mass is 19.2. The number of nitrogens with zero attached hydrogens (tertiary/aromatic N) is 1. The van der Waals surface area contributed by atoms with Gasteiger partial charge >= 0.3 is 5.97 Å². The van der Waals surface area contributed by atoms with Gasteiger partial charge in [-0.05, 0) is 30.0 Å². The molecule has 1 aromatic carbocycles. The van der Waals surface area contributed by atoms with Crippen molar-refractivity contribution in [1.82, 2.24) is 4.57 Å². The van der Waals surface area contributed by atoms with Crippen molar-refractivity contribution in [3.63, 3.8) is 0 Å².